The van der Waals surface area contributed by atoms with E-state index >= 15 is 0 Å². The number of hydrogen-bond acceptors (Lipinski definition) is 6. The molecule has 0 aliphatic heterocycles. The predicted octanol–water partition coefficient (Wildman–Crippen LogP) is 5.66. The fourth-order valence-corrected chi connectivity index (χ4v) is 3.73. The van der Waals surface area contributed by atoms with E-state index in [1.54, 1.807) is 61.7 Å². The summed E-state index contributed by atoms with van der Waals surface area (Å²) in [5.74, 6) is -0.974. The monoisotopic (exact) mass is 484 g/mol. The highest BCUT2D eigenvalue weighted by atomic mass is 19.4. The van der Waals surface area contributed by atoms with Crippen LogP contribution < -0.4 is 10.5 Å². The molecule has 0 aliphatic carbocycles. The van der Waals surface area contributed by atoms with Gasteiger partial charge in [0.15, 0.2) is 0 Å². The second-order valence-corrected chi connectivity index (χ2v) is 7.79. The number of benzene rings is 2. The Morgan fingerprint density at radius 3 is 2.66 bits per heavy atom. The number of para-hydroxylation sites is 1. The number of halogens is 3. The van der Waals surface area contributed by atoms with Crippen molar-refractivity contribution in [2.45, 2.75) is 32.7 Å². The summed E-state index contributed by atoms with van der Waals surface area (Å²) in [6.07, 6.45) is -3.03. The number of fused-ring (bicyclic) bond motifs is 1. The van der Waals surface area contributed by atoms with Crippen LogP contribution in [-0.4, -0.2) is 17.6 Å². The molecule has 2 N–H and O–H groups in total. The maximum Gasteiger partial charge on any atom is 0.449 e. The van der Waals surface area contributed by atoms with E-state index in [1.807, 2.05) is 0 Å². The maximum absolute atomic E-state index is 13.4. The highest BCUT2D eigenvalue weighted by Gasteiger charge is 2.35. The van der Waals surface area contributed by atoms with Crippen molar-refractivity contribution in [3.8, 4) is 16.9 Å². The van der Waals surface area contributed by atoms with Crippen LogP contribution in [0.2, 0.25) is 0 Å². The fraction of sp³-hybridized carbons (Fsp3) is 0.231. The third kappa shape index (κ3) is 5.63. The van der Waals surface area contributed by atoms with Gasteiger partial charge in [-0.25, -0.2) is 0 Å². The minimum atomic E-state index is -4.63. The Labute approximate surface area is 199 Å². The molecule has 9 heteroatoms. The van der Waals surface area contributed by atoms with E-state index in [0.717, 1.165) is 6.07 Å². The third-order valence-electron chi connectivity index (χ3n) is 5.30. The first-order valence-electron chi connectivity index (χ1n) is 10.9. The van der Waals surface area contributed by atoms with Gasteiger partial charge in [-0.1, -0.05) is 18.2 Å². The number of nitrogens with zero attached hydrogens (tertiary/aromatic N) is 1. The Hall–Kier alpha value is -3.85. The molecule has 0 amide bonds. The Kier molecular flexibility index (Phi) is 7.07. The molecule has 35 heavy (non-hydrogen) atoms. The van der Waals surface area contributed by atoms with Gasteiger partial charge in [0.1, 0.15) is 17.9 Å². The van der Waals surface area contributed by atoms with Gasteiger partial charge in [0.25, 0.3) is 0 Å². The number of furan rings is 1. The Balaban J connectivity index is 1.71. The Morgan fingerprint density at radius 1 is 1.11 bits per heavy atom. The smallest absolute Gasteiger partial charge is 0.449 e. The number of rotatable bonds is 8. The van der Waals surface area contributed by atoms with Gasteiger partial charge in [-0.15, -0.1) is 0 Å². The van der Waals surface area contributed by atoms with Crippen LogP contribution in [0.15, 0.2) is 65.2 Å². The average Bonchev–Trinajstić information content (AvgIpc) is 3.28. The molecule has 0 saturated heterocycles. The number of alkyl halides is 3. The minimum Gasteiger partial charge on any atom is -0.489 e. The van der Waals surface area contributed by atoms with Gasteiger partial charge in [-0.05, 0) is 54.4 Å². The van der Waals surface area contributed by atoms with Gasteiger partial charge in [0.2, 0.25) is 5.76 Å². The lowest BCUT2D eigenvalue weighted by Crippen LogP contribution is -2.09. The van der Waals surface area contributed by atoms with E-state index in [2.05, 4.69) is 4.98 Å². The van der Waals surface area contributed by atoms with Gasteiger partial charge < -0.3 is 19.6 Å². The summed E-state index contributed by atoms with van der Waals surface area (Å²) < 4.78 is 56.3. The molecule has 0 saturated carbocycles. The maximum atomic E-state index is 13.4. The van der Waals surface area contributed by atoms with Crippen molar-refractivity contribution in [1.82, 2.24) is 4.98 Å². The number of aromatic nitrogens is 1. The van der Waals surface area contributed by atoms with Crippen LogP contribution >= 0.6 is 0 Å². The lowest BCUT2D eigenvalue weighted by atomic mass is 10.0. The summed E-state index contributed by atoms with van der Waals surface area (Å²) in [5.41, 5.74) is 8.76. The molecule has 182 valence electrons. The molecule has 0 radical (unpaired) electrons. The second kappa shape index (κ2) is 10.2. The van der Waals surface area contributed by atoms with E-state index in [-0.39, 0.29) is 37.7 Å². The zero-order valence-electron chi connectivity index (χ0n) is 18.9. The number of pyridine rings is 1. The highest BCUT2D eigenvalue weighted by Crippen LogP contribution is 2.38. The SMILES string of the molecule is CCOC(=O)Cc1ccccc1OCc1cc(-c2ccnc(CN)c2)c2oc(C(F)(F)F)cc2c1. The number of carbonyl (C=O) groups is 1. The zero-order chi connectivity index (χ0) is 25.0. The van der Waals surface area contributed by atoms with Crippen LogP contribution in [-0.2, 0) is 35.3 Å². The standard InChI is InChI=1S/C26H23F3N2O4/c1-2-33-24(32)13-18-5-3-4-6-22(18)34-15-16-9-19-12-23(26(27,28)29)35-25(19)21(10-16)17-7-8-31-20(11-17)14-30/h3-12H,2,13-15,30H2,1H3. The topological polar surface area (TPSA) is 87.6 Å². The number of nitrogens with two attached hydrogens (primary N) is 1. The average molecular weight is 484 g/mol. The number of esters is 1. The normalized spacial score (nSPS) is 11.6. The van der Waals surface area contributed by atoms with E-state index in [1.165, 1.54) is 0 Å². The van der Waals surface area contributed by atoms with Gasteiger partial charge in [-0.2, -0.15) is 13.2 Å². The third-order valence-corrected chi connectivity index (χ3v) is 5.30. The van der Waals surface area contributed by atoms with Gasteiger partial charge in [0, 0.05) is 29.3 Å². The largest absolute Gasteiger partial charge is 0.489 e. The van der Waals surface area contributed by atoms with E-state index < -0.39 is 11.9 Å². The van der Waals surface area contributed by atoms with Crippen molar-refractivity contribution in [2.24, 2.45) is 5.73 Å². The van der Waals surface area contributed by atoms with Crippen LogP contribution in [0.5, 0.6) is 5.75 Å². The molecule has 0 aliphatic rings. The number of carbonyl (C=O) groups excluding carboxylic acids is 1. The van der Waals surface area contributed by atoms with Crippen molar-refractivity contribution in [3.05, 3.63) is 83.4 Å². The summed E-state index contributed by atoms with van der Waals surface area (Å²) >= 11 is 0. The van der Waals surface area contributed by atoms with Crippen LogP contribution in [0.4, 0.5) is 13.2 Å². The fourth-order valence-electron chi connectivity index (χ4n) is 3.73. The van der Waals surface area contributed by atoms with Crippen molar-refractivity contribution < 1.29 is 31.9 Å². The molecule has 2 aromatic carbocycles. The predicted molar refractivity (Wildman–Crippen MR) is 123 cm³/mol. The van der Waals surface area contributed by atoms with Gasteiger partial charge in [0.05, 0.1) is 18.7 Å². The number of ether oxygens (including phenoxy) is 2. The Bertz CT molecular complexity index is 1350. The van der Waals surface area contributed by atoms with Crippen molar-refractivity contribution in [3.63, 3.8) is 0 Å². The van der Waals surface area contributed by atoms with Gasteiger partial charge >= 0.3 is 12.1 Å². The quantitative estimate of drug-likeness (QED) is 0.325. The van der Waals surface area contributed by atoms with Crippen LogP contribution in [0, 0.1) is 0 Å². The summed E-state index contributed by atoms with van der Waals surface area (Å²) in [6.45, 7) is 2.25. The first kappa shape index (κ1) is 24.3. The lowest BCUT2D eigenvalue weighted by molar-refractivity contribution is -0.152. The van der Waals surface area contributed by atoms with Crippen molar-refractivity contribution >= 4 is 16.9 Å². The second-order valence-electron chi connectivity index (χ2n) is 7.79. The zero-order valence-corrected chi connectivity index (χ0v) is 18.9. The van der Waals surface area contributed by atoms with Gasteiger partial charge in [-0.3, -0.25) is 9.78 Å². The summed E-state index contributed by atoms with van der Waals surface area (Å²) in [7, 11) is 0. The van der Waals surface area contributed by atoms with Crippen molar-refractivity contribution in [1.29, 1.82) is 0 Å². The summed E-state index contributed by atoms with van der Waals surface area (Å²) in [5, 5.41) is 0.291. The van der Waals surface area contributed by atoms with E-state index in [9.17, 15) is 18.0 Å². The number of hydrogen-bond donors (Lipinski definition) is 1. The molecule has 4 aromatic rings. The molecule has 4 rings (SSSR count). The highest BCUT2D eigenvalue weighted by molar-refractivity contribution is 5.93. The van der Waals surface area contributed by atoms with E-state index in [4.69, 9.17) is 19.6 Å². The molecule has 6 nitrogen and oxygen atoms in total. The molecule has 2 aromatic heterocycles. The molecular weight excluding hydrogens is 461 g/mol. The van der Waals surface area contributed by atoms with Crippen molar-refractivity contribution in [2.75, 3.05) is 6.61 Å². The van der Waals surface area contributed by atoms with Crippen LogP contribution in [0.1, 0.15) is 29.5 Å². The molecule has 0 unspecified atom stereocenters. The molecular formula is C26H23F3N2O4. The first-order valence-corrected chi connectivity index (χ1v) is 10.9. The van der Waals surface area contributed by atoms with E-state index in [0.29, 0.717) is 39.1 Å². The lowest BCUT2D eigenvalue weighted by Gasteiger charge is -2.13. The van der Waals surface area contributed by atoms with Crippen LogP contribution in [0.3, 0.4) is 0 Å². The molecule has 2 heterocycles. The summed E-state index contributed by atoms with van der Waals surface area (Å²) in [6, 6.07) is 14.7. The molecule has 0 bridgehead atoms. The Morgan fingerprint density at radius 2 is 1.91 bits per heavy atom. The molecule has 0 fully saturated rings. The van der Waals surface area contributed by atoms with Crippen LogP contribution in [0.25, 0.3) is 22.1 Å². The minimum absolute atomic E-state index is 0.0455. The summed E-state index contributed by atoms with van der Waals surface area (Å²) in [4.78, 5) is 16.1. The first-order chi connectivity index (χ1) is 16.8. The molecule has 0 spiro atoms. The molecule has 0 atom stereocenters.